The number of hydrogen-bond donors (Lipinski definition) is 2. The zero-order valence-corrected chi connectivity index (χ0v) is 15.2. The van der Waals surface area contributed by atoms with Crippen LogP contribution in [-0.2, 0) is 11.3 Å². The van der Waals surface area contributed by atoms with Gasteiger partial charge in [0.1, 0.15) is 47.2 Å². The number of rotatable bonds is 5. The van der Waals surface area contributed by atoms with Crippen LogP contribution < -0.4 is 16.0 Å². The molecule has 9 nitrogen and oxygen atoms in total. The fraction of sp³-hybridized carbons (Fsp3) is 0.100. The molecule has 29 heavy (non-hydrogen) atoms. The summed E-state index contributed by atoms with van der Waals surface area (Å²) in [5, 5.41) is 18.8. The van der Waals surface area contributed by atoms with E-state index in [9.17, 15) is 20.1 Å². The number of nitrogens with one attached hydrogen (secondary N) is 1. The van der Waals surface area contributed by atoms with Gasteiger partial charge in [-0.05, 0) is 29.8 Å². The molecule has 0 radical (unpaired) electrons. The first-order valence-electron chi connectivity index (χ1n) is 8.24. The van der Waals surface area contributed by atoms with Gasteiger partial charge in [-0.15, -0.1) is 0 Å². The third-order valence-electron chi connectivity index (χ3n) is 4.02. The molecular formula is C20H14N4O5. The minimum Gasteiger partial charge on any atom is -0.486 e. The number of anilines is 1. The molecule has 9 heteroatoms. The maximum absolute atomic E-state index is 12.1. The largest absolute Gasteiger partial charge is 0.486 e. The predicted molar refractivity (Wildman–Crippen MR) is 101 cm³/mol. The van der Waals surface area contributed by atoms with Gasteiger partial charge in [-0.2, -0.15) is 10.5 Å². The highest BCUT2D eigenvalue weighted by Crippen LogP contribution is 2.30. The number of aromatic nitrogens is 1. The van der Waals surface area contributed by atoms with Gasteiger partial charge in [0.05, 0.1) is 7.11 Å². The summed E-state index contributed by atoms with van der Waals surface area (Å²) < 4.78 is 15.6. The standard InChI is InChI=1S/C20H14N4O5/c1-27-20(26)16-6-5-13(29-16)10-28-12-4-2-3-11(7-12)17-14(8-21)18(23)24-19(25)15(17)9-22/h2-7H,10H2,1H3,(H3,23,24,25). The number of nitrogens with zero attached hydrogens (tertiary/aromatic N) is 2. The average molecular weight is 390 g/mol. The molecule has 0 aliphatic heterocycles. The lowest BCUT2D eigenvalue weighted by molar-refractivity contribution is 0.0561. The van der Waals surface area contributed by atoms with Crippen molar-refractivity contribution in [3.05, 3.63) is 69.4 Å². The normalized spacial score (nSPS) is 10.0. The Morgan fingerprint density at radius 3 is 2.66 bits per heavy atom. The number of pyridine rings is 1. The van der Waals surface area contributed by atoms with Crippen molar-refractivity contribution in [1.82, 2.24) is 4.98 Å². The van der Waals surface area contributed by atoms with Crippen molar-refractivity contribution in [1.29, 1.82) is 10.5 Å². The Hall–Kier alpha value is -4.50. The lowest BCUT2D eigenvalue weighted by Crippen LogP contribution is -2.16. The van der Waals surface area contributed by atoms with Crippen molar-refractivity contribution in [3.8, 4) is 29.0 Å². The molecule has 1 aromatic carbocycles. The van der Waals surface area contributed by atoms with Crippen molar-refractivity contribution in [3.63, 3.8) is 0 Å². The number of ether oxygens (including phenoxy) is 2. The van der Waals surface area contributed by atoms with Crippen LogP contribution in [-0.4, -0.2) is 18.1 Å². The summed E-state index contributed by atoms with van der Waals surface area (Å²) in [4.78, 5) is 25.8. The number of furan rings is 1. The lowest BCUT2D eigenvalue weighted by atomic mass is 9.96. The fourth-order valence-corrected chi connectivity index (χ4v) is 2.69. The molecule has 0 aliphatic rings. The smallest absolute Gasteiger partial charge is 0.373 e. The third kappa shape index (κ3) is 3.80. The molecule has 3 rings (SSSR count). The van der Waals surface area contributed by atoms with Crippen LogP contribution in [0.5, 0.6) is 5.75 Å². The van der Waals surface area contributed by atoms with Crippen LogP contribution in [0.25, 0.3) is 11.1 Å². The number of hydrogen-bond acceptors (Lipinski definition) is 8. The Balaban J connectivity index is 1.93. The Morgan fingerprint density at radius 2 is 1.97 bits per heavy atom. The third-order valence-corrected chi connectivity index (χ3v) is 4.02. The molecule has 0 fully saturated rings. The summed E-state index contributed by atoms with van der Waals surface area (Å²) >= 11 is 0. The summed E-state index contributed by atoms with van der Waals surface area (Å²) in [5.41, 5.74) is 5.38. The highest BCUT2D eigenvalue weighted by molar-refractivity contribution is 5.86. The summed E-state index contributed by atoms with van der Waals surface area (Å²) in [6, 6.07) is 13.3. The Labute approximate surface area is 164 Å². The second kappa shape index (κ2) is 8.03. The summed E-state index contributed by atoms with van der Waals surface area (Å²) in [6.45, 7) is 0.0220. The quantitative estimate of drug-likeness (QED) is 0.629. The number of esters is 1. The summed E-state index contributed by atoms with van der Waals surface area (Å²) in [5.74, 6) is 0.120. The number of carbonyl (C=O) groups excluding carboxylic acids is 1. The molecule has 3 aromatic rings. The van der Waals surface area contributed by atoms with Crippen molar-refractivity contribution in [2.24, 2.45) is 0 Å². The molecule has 144 valence electrons. The molecule has 0 aliphatic carbocycles. The minimum absolute atomic E-state index is 0.00736. The van der Waals surface area contributed by atoms with Crippen molar-refractivity contribution in [2.45, 2.75) is 6.61 Å². The fourth-order valence-electron chi connectivity index (χ4n) is 2.69. The average Bonchev–Trinajstić information content (AvgIpc) is 3.20. The maximum atomic E-state index is 12.1. The van der Waals surface area contributed by atoms with Crippen molar-refractivity contribution >= 4 is 11.8 Å². The van der Waals surface area contributed by atoms with Gasteiger partial charge in [0.15, 0.2) is 0 Å². The highest BCUT2D eigenvalue weighted by atomic mass is 16.5. The highest BCUT2D eigenvalue weighted by Gasteiger charge is 2.18. The minimum atomic E-state index is -0.684. The lowest BCUT2D eigenvalue weighted by Gasteiger charge is -2.11. The number of H-pyrrole nitrogens is 1. The van der Waals surface area contributed by atoms with Gasteiger partial charge in [-0.25, -0.2) is 4.79 Å². The molecule has 0 atom stereocenters. The SMILES string of the molecule is COC(=O)c1ccc(COc2cccc(-c3c(C#N)c(N)[nH]c(=O)c3C#N)c2)o1. The van der Waals surface area contributed by atoms with Crippen LogP contribution in [0.15, 0.2) is 45.6 Å². The van der Waals surface area contributed by atoms with Crippen LogP contribution >= 0.6 is 0 Å². The van der Waals surface area contributed by atoms with Crippen LogP contribution in [0.4, 0.5) is 5.82 Å². The van der Waals surface area contributed by atoms with E-state index in [1.165, 1.54) is 13.2 Å². The topological polar surface area (TPSA) is 155 Å². The predicted octanol–water partition coefficient (Wildman–Crippen LogP) is 2.33. The number of aromatic amines is 1. The molecule has 3 N–H and O–H groups in total. The maximum Gasteiger partial charge on any atom is 0.373 e. The van der Waals surface area contributed by atoms with E-state index in [0.717, 1.165) is 0 Å². The number of benzene rings is 1. The van der Waals surface area contributed by atoms with Crippen LogP contribution in [0.2, 0.25) is 0 Å². The van der Waals surface area contributed by atoms with Crippen molar-refractivity contribution in [2.75, 3.05) is 12.8 Å². The van der Waals surface area contributed by atoms with Gasteiger partial charge in [0.25, 0.3) is 5.56 Å². The second-order valence-corrected chi connectivity index (χ2v) is 5.79. The molecule has 0 saturated carbocycles. The number of methoxy groups -OCH3 is 1. The molecular weight excluding hydrogens is 376 g/mol. The molecule has 0 unspecified atom stereocenters. The molecule has 0 bridgehead atoms. The summed E-state index contributed by atoms with van der Waals surface area (Å²) in [6.07, 6.45) is 0. The Morgan fingerprint density at radius 1 is 1.21 bits per heavy atom. The second-order valence-electron chi connectivity index (χ2n) is 5.79. The van der Waals surface area contributed by atoms with Crippen LogP contribution in [0.3, 0.4) is 0 Å². The van der Waals surface area contributed by atoms with E-state index in [0.29, 0.717) is 17.1 Å². The number of carbonyl (C=O) groups is 1. The first-order valence-corrected chi connectivity index (χ1v) is 8.24. The van der Waals surface area contributed by atoms with Gasteiger partial charge in [-0.1, -0.05) is 12.1 Å². The molecule has 2 aromatic heterocycles. The number of nitrogens with two attached hydrogens (primary N) is 1. The van der Waals surface area contributed by atoms with E-state index in [1.807, 2.05) is 12.1 Å². The van der Waals surface area contributed by atoms with Gasteiger partial charge in [0, 0.05) is 5.56 Å². The molecule has 0 amide bonds. The van der Waals surface area contributed by atoms with E-state index in [2.05, 4.69) is 9.72 Å². The zero-order chi connectivity index (χ0) is 21.0. The zero-order valence-electron chi connectivity index (χ0n) is 15.2. The van der Waals surface area contributed by atoms with Gasteiger partial charge in [-0.3, -0.25) is 4.79 Å². The van der Waals surface area contributed by atoms with Crippen molar-refractivity contribution < 1.29 is 18.7 Å². The number of nitriles is 2. The van der Waals surface area contributed by atoms with Crippen LogP contribution in [0, 0.1) is 22.7 Å². The van der Waals surface area contributed by atoms with Gasteiger partial charge >= 0.3 is 5.97 Å². The van der Waals surface area contributed by atoms with E-state index >= 15 is 0 Å². The Bertz CT molecular complexity index is 1230. The first-order chi connectivity index (χ1) is 14.0. The van der Waals surface area contributed by atoms with E-state index in [-0.39, 0.29) is 34.9 Å². The van der Waals surface area contributed by atoms with Gasteiger partial charge in [0.2, 0.25) is 5.76 Å². The number of nitrogen functional groups attached to an aromatic ring is 1. The molecule has 0 spiro atoms. The summed E-state index contributed by atoms with van der Waals surface area (Å²) in [7, 11) is 1.25. The molecule has 2 heterocycles. The van der Waals surface area contributed by atoms with Crippen LogP contribution in [0.1, 0.15) is 27.4 Å². The molecule has 0 saturated heterocycles. The van der Waals surface area contributed by atoms with Gasteiger partial charge < -0.3 is 24.6 Å². The first kappa shape index (κ1) is 19.3. The Kier molecular flexibility index (Phi) is 5.33. The van der Waals surface area contributed by atoms with E-state index in [4.69, 9.17) is 14.9 Å². The monoisotopic (exact) mass is 390 g/mol. The van der Waals surface area contributed by atoms with E-state index in [1.54, 1.807) is 30.3 Å². The van der Waals surface area contributed by atoms with E-state index < -0.39 is 11.5 Å².